The molecule has 3 heteroatoms. The lowest BCUT2D eigenvalue weighted by atomic mass is 9.53. The van der Waals surface area contributed by atoms with E-state index in [1.807, 2.05) is 0 Å². The van der Waals surface area contributed by atoms with Gasteiger partial charge in [-0.1, -0.05) is 39.8 Å². The van der Waals surface area contributed by atoms with Crippen molar-refractivity contribution in [3.05, 3.63) is 0 Å². The van der Waals surface area contributed by atoms with Crippen molar-refractivity contribution >= 4 is 17.3 Å². The number of ketones is 3. The second-order valence-corrected chi connectivity index (χ2v) is 12.9. The summed E-state index contributed by atoms with van der Waals surface area (Å²) in [7, 11) is 0. The van der Waals surface area contributed by atoms with Crippen LogP contribution in [0.5, 0.6) is 0 Å². The monoisotopic (exact) mass is 459 g/mol. The predicted octanol–water partition coefficient (Wildman–Crippen LogP) is 5.60. The molecule has 9 atom stereocenters. The summed E-state index contributed by atoms with van der Waals surface area (Å²) in [5, 5.41) is 0. The van der Waals surface area contributed by atoms with Crippen molar-refractivity contribution < 1.29 is 26.7 Å². The largest absolute Gasteiger partial charge is 0.299 e. The Bertz CT molecular complexity index is 1020. The molecule has 0 aromatic rings. The first-order valence-corrected chi connectivity index (χ1v) is 13.6. The highest BCUT2D eigenvalue weighted by Gasteiger charge is 2.73. The molecule has 0 bridgehead atoms. The number of fused-ring (bicyclic) bond motifs is 12. The molecule has 0 saturated heterocycles. The number of hydrogen-bond acceptors (Lipinski definition) is 3. The van der Waals surface area contributed by atoms with Crippen LogP contribution in [-0.4, -0.2) is 17.3 Å². The van der Waals surface area contributed by atoms with Gasteiger partial charge in [-0.25, -0.2) is 0 Å². The van der Waals surface area contributed by atoms with Gasteiger partial charge in [0.15, 0.2) is 0 Å². The topological polar surface area (TPSA) is 51.2 Å². The standard InChI is InChI=1S/C30H42O3/c1-13-4-7-16-19(10-13)22-25(28(16)31)23-21-12-15(3)6-9-18(21)30(33)27(23)24-20-11-14(2)5-8-17(20)29(32)26(22)24/h13-27H,4-12H2,1-3H3/i1D3,2D3,3D3. The van der Waals surface area contributed by atoms with Crippen molar-refractivity contribution in [1.29, 1.82) is 0 Å². The second kappa shape index (κ2) is 7.26. The first-order valence-electron chi connectivity index (χ1n) is 18.1. The molecule has 7 aliphatic carbocycles. The maximum Gasteiger partial charge on any atom is 0.139 e. The number of carbonyl (C=O) groups excluding carboxylic acids is 3. The Morgan fingerprint density at radius 1 is 0.515 bits per heavy atom. The van der Waals surface area contributed by atoms with Gasteiger partial charge in [0, 0.05) is 47.8 Å². The van der Waals surface area contributed by atoms with Gasteiger partial charge in [0.2, 0.25) is 0 Å². The van der Waals surface area contributed by atoms with Crippen molar-refractivity contribution in [2.24, 2.45) is 88.8 Å². The van der Waals surface area contributed by atoms with Crippen molar-refractivity contribution in [2.75, 3.05) is 0 Å². The lowest BCUT2D eigenvalue weighted by molar-refractivity contribution is -0.138. The van der Waals surface area contributed by atoms with Crippen molar-refractivity contribution in [3.8, 4) is 0 Å². The zero-order chi connectivity index (χ0) is 30.3. The van der Waals surface area contributed by atoms with Crippen LogP contribution in [0.15, 0.2) is 0 Å². The van der Waals surface area contributed by atoms with Crippen molar-refractivity contribution in [2.45, 2.75) is 78.3 Å². The predicted molar refractivity (Wildman–Crippen MR) is 126 cm³/mol. The zero-order valence-electron chi connectivity index (χ0n) is 28.2. The number of hydrogen-bond donors (Lipinski definition) is 0. The molecule has 33 heavy (non-hydrogen) atoms. The first kappa shape index (κ1) is 13.9. The molecule has 0 amide bonds. The molecule has 7 saturated carbocycles. The normalized spacial score (nSPS) is 64.5. The van der Waals surface area contributed by atoms with E-state index in [2.05, 4.69) is 0 Å². The van der Waals surface area contributed by atoms with Gasteiger partial charge in [0.25, 0.3) is 0 Å². The fourth-order valence-corrected chi connectivity index (χ4v) is 10.9. The lowest BCUT2D eigenvalue weighted by Crippen LogP contribution is -2.50. The lowest BCUT2D eigenvalue weighted by Gasteiger charge is -2.48. The Kier molecular flexibility index (Phi) is 3.07. The molecule has 7 aliphatic rings. The van der Waals surface area contributed by atoms with E-state index in [-0.39, 0.29) is 70.6 Å². The molecular formula is C30H42O3. The quantitative estimate of drug-likeness (QED) is 0.474. The van der Waals surface area contributed by atoms with Gasteiger partial charge in [-0.2, -0.15) is 0 Å². The first-order chi connectivity index (χ1) is 19.5. The average Bonchev–Trinajstić information content (AvgIpc) is 3.47. The maximum atomic E-state index is 14.4. The van der Waals surface area contributed by atoms with Gasteiger partial charge < -0.3 is 0 Å². The molecule has 180 valence electrons. The molecule has 7 rings (SSSR count). The van der Waals surface area contributed by atoms with E-state index in [0.29, 0.717) is 57.8 Å². The SMILES string of the molecule is [2H]C([2H])([2H])C1CCC2C(=O)C3C(C2C1)C1C(=O)C2CCC(C([2H])([2H])[2H])CC2C1C1C(=O)C2CCC(C([2H])([2H])[2H])CC2C31. The summed E-state index contributed by atoms with van der Waals surface area (Å²) in [6.07, 6.45) is 3.88. The summed E-state index contributed by atoms with van der Waals surface area (Å²) in [6.45, 7) is -6.43. The highest BCUT2D eigenvalue weighted by atomic mass is 16.1. The minimum atomic E-state index is -2.14. The molecule has 0 N–H and O–H groups in total. The van der Waals surface area contributed by atoms with E-state index in [4.69, 9.17) is 12.3 Å². The summed E-state index contributed by atoms with van der Waals surface area (Å²) in [6, 6.07) is 0. The summed E-state index contributed by atoms with van der Waals surface area (Å²) < 4.78 is 73.2. The Morgan fingerprint density at radius 2 is 0.818 bits per heavy atom. The molecule has 3 nitrogen and oxygen atoms in total. The third-order valence-electron chi connectivity index (χ3n) is 11.8. The summed E-state index contributed by atoms with van der Waals surface area (Å²) in [4.78, 5) is 43.1. The Morgan fingerprint density at radius 3 is 1.09 bits per heavy atom. The van der Waals surface area contributed by atoms with Crippen LogP contribution in [0.2, 0.25) is 0 Å². The second-order valence-electron chi connectivity index (χ2n) is 12.9. The van der Waals surface area contributed by atoms with Crippen LogP contribution in [0, 0.1) is 88.8 Å². The Hall–Kier alpha value is -0.990. The Balaban J connectivity index is 1.34. The molecule has 7 fully saturated rings. The van der Waals surface area contributed by atoms with Crippen LogP contribution < -0.4 is 0 Å². The third kappa shape index (κ3) is 2.72. The molecular weight excluding hydrogens is 408 g/mol. The fourth-order valence-electron chi connectivity index (χ4n) is 10.9. The molecule has 0 radical (unpaired) electrons. The molecule has 9 unspecified atom stereocenters. The summed E-state index contributed by atoms with van der Waals surface area (Å²) >= 11 is 0. The van der Waals surface area contributed by atoms with E-state index in [1.54, 1.807) is 0 Å². The fraction of sp³-hybridized carbons (Fsp3) is 0.900. The van der Waals surface area contributed by atoms with E-state index >= 15 is 0 Å². The Labute approximate surface area is 211 Å². The summed E-state index contributed by atoms with van der Waals surface area (Å²) in [5.41, 5.74) is 0. The van der Waals surface area contributed by atoms with Crippen LogP contribution >= 0.6 is 0 Å². The minimum Gasteiger partial charge on any atom is -0.299 e. The molecule has 0 aliphatic heterocycles. The van der Waals surface area contributed by atoms with Gasteiger partial charge in [0.1, 0.15) is 17.3 Å². The zero-order valence-corrected chi connectivity index (χ0v) is 19.2. The molecule has 0 aromatic heterocycles. The van der Waals surface area contributed by atoms with Gasteiger partial charge in [-0.15, -0.1) is 0 Å². The van der Waals surface area contributed by atoms with Gasteiger partial charge in [-0.05, 0) is 91.8 Å². The van der Waals surface area contributed by atoms with E-state index in [9.17, 15) is 14.4 Å². The van der Waals surface area contributed by atoms with E-state index in [1.165, 1.54) is 0 Å². The minimum absolute atomic E-state index is 0.0786. The highest BCUT2D eigenvalue weighted by Crippen LogP contribution is 2.70. The maximum absolute atomic E-state index is 14.4. The number of Topliss-reactive ketones (excluding diaryl/α,β-unsaturated/α-hetero) is 3. The van der Waals surface area contributed by atoms with Crippen LogP contribution in [0.3, 0.4) is 0 Å². The van der Waals surface area contributed by atoms with Crippen molar-refractivity contribution in [3.63, 3.8) is 0 Å². The van der Waals surface area contributed by atoms with E-state index in [0.717, 1.165) is 0 Å². The van der Waals surface area contributed by atoms with Crippen molar-refractivity contribution in [1.82, 2.24) is 0 Å². The van der Waals surface area contributed by atoms with E-state index < -0.39 is 56.1 Å². The third-order valence-corrected chi connectivity index (χ3v) is 11.8. The van der Waals surface area contributed by atoms with Crippen LogP contribution in [0.25, 0.3) is 0 Å². The number of carbonyl (C=O) groups is 3. The van der Waals surface area contributed by atoms with Crippen LogP contribution in [-0.2, 0) is 14.4 Å². The molecule has 0 aromatic carbocycles. The number of rotatable bonds is 0. The highest BCUT2D eigenvalue weighted by molar-refractivity contribution is 5.96. The van der Waals surface area contributed by atoms with Gasteiger partial charge in [-0.3, -0.25) is 14.4 Å². The molecule has 0 heterocycles. The smallest absolute Gasteiger partial charge is 0.139 e. The van der Waals surface area contributed by atoms with Crippen LogP contribution in [0.4, 0.5) is 0 Å². The van der Waals surface area contributed by atoms with Gasteiger partial charge in [0.05, 0.1) is 0 Å². The summed E-state index contributed by atoms with van der Waals surface area (Å²) in [5.74, 6) is -5.55. The average molecular weight is 460 g/mol. The van der Waals surface area contributed by atoms with Gasteiger partial charge >= 0.3 is 0 Å². The molecule has 0 spiro atoms. The van der Waals surface area contributed by atoms with Crippen LogP contribution in [0.1, 0.15) is 90.7 Å².